The van der Waals surface area contributed by atoms with Crippen molar-refractivity contribution < 1.29 is 24.3 Å². The minimum atomic E-state index is -1.06. The van der Waals surface area contributed by atoms with Gasteiger partial charge in [0.15, 0.2) is 0 Å². The second kappa shape index (κ2) is 9.65. The quantitative estimate of drug-likeness (QED) is 0.497. The molecule has 3 aromatic rings. The van der Waals surface area contributed by atoms with Gasteiger partial charge in [-0.2, -0.15) is 0 Å². The fourth-order valence-corrected chi connectivity index (χ4v) is 5.00. The van der Waals surface area contributed by atoms with E-state index in [0.717, 1.165) is 11.1 Å². The Labute approximate surface area is 208 Å². The molecule has 2 saturated heterocycles. The first-order chi connectivity index (χ1) is 17.5. The third-order valence-electron chi connectivity index (χ3n) is 6.74. The van der Waals surface area contributed by atoms with Crippen LogP contribution in [0.5, 0.6) is 0 Å². The van der Waals surface area contributed by atoms with Crippen molar-refractivity contribution in [1.82, 2.24) is 14.7 Å². The molecule has 1 N–H and O–H groups in total. The summed E-state index contributed by atoms with van der Waals surface area (Å²) in [5.41, 5.74) is 2.41. The Morgan fingerprint density at radius 3 is 1.67 bits per heavy atom. The van der Waals surface area contributed by atoms with Crippen LogP contribution >= 0.6 is 0 Å². The highest BCUT2D eigenvalue weighted by Gasteiger charge is 2.60. The standard InChI is InChI=1S/C28H25N3O5/c32-25-23-24(26(33)29(25)16-15-21-13-7-8-14-22(21)27(34)35)31(18-20-11-5-2-6-12-20)28(36)30(23)17-19-9-3-1-4-10-19/h1-14,23-24H,15-18H2,(H,34,35). The molecule has 0 aromatic heterocycles. The van der Waals surface area contributed by atoms with Gasteiger partial charge in [0.1, 0.15) is 12.1 Å². The molecule has 0 aliphatic carbocycles. The number of urea groups is 1. The average Bonchev–Trinajstić information content (AvgIpc) is 3.30. The summed E-state index contributed by atoms with van der Waals surface area (Å²) in [7, 11) is 0. The molecule has 8 heteroatoms. The summed E-state index contributed by atoms with van der Waals surface area (Å²) in [6.07, 6.45) is 0.213. The first-order valence-electron chi connectivity index (χ1n) is 11.8. The van der Waals surface area contributed by atoms with E-state index in [2.05, 4.69) is 0 Å². The van der Waals surface area contributed by atoms with Crippen molar-refractivity contribution in [2.75, 3.05) is 6.54 Å². The van der Waals surface area contributed by atoms with E-state index in [1.165, 1.54) is 20.8 Å². The van der Waals surface area contributed by atoms with Crippen LogP contribution < -0.4 is 0 Å². The average molecular weight is 484 g/mol. The number of rotatable bonds is 8. The van der Waals surface area contributed by atoms with Crippen LogP contribution in [0.15, 0.2) is 84.9 Å². The van der Waals surface area contributed by atoms with Gasteiger partial charge in [-0.25, -0.2) is 9.59 Å². The van der Waals surface area contributed by atoms with Crippen LogP contribution in [0.4, 0.5) is 4.79 Å². The molecule has 8 nitrogen and oxygen atoms in total. The first-order valence-corrected chi connectivity index (χ1v) is 11.8. The molecule has 0 saturated carbocycles. The zero-order valence-electron chi connectivity index (χ0n) is 19.5. The number of benzene rings is 3. The molecule has 3 aromatic carbocycles. The molecule has 2 atom stereocenters. The largest absolute Gasteiger partial charge is 0.478 e. The molecule has 5 rings (SSSR count). The lowest BCUT2D eigenvalue weighted by molar-refractivity contribution is -0.140. The van der Waals surface area contributed by atoms with E-state index in [1.807, 2.05) is 60.7 Å². The lowest BCUT2D eigenvalue weighted by Gasteiger charge is -2.25. The van der Waals surface area contributed by atoms with Crippen LogP contribution in [0.25, 0.3) is 0 Å². The van der Waals surface area contributed by atoms with Crippen LogP contribution in [0, 0.1) is 0 Å². The van der Waals surface area contributed by atoms with Gasteiger partial charge in [-0.1, -0.05) is 78.9 Å². The Bertz CT molecular complexity index is 1240. The van der Waals surface area contributed by atoms with E-state index in [9.17, 15) is 24.3 Å². The Kier molecular flexibility index (Phi) is 6.25. The number of hydrogen-bond donors (Lipinski definition) is 1. The predicted molar refractivity (Wildman–Crippen MR) is 131 cm³/mol. The number of carboxylic acids is 1. The number of likely N-dealkylation sites (tertiary alicyclic amines) is 1. The van der Waals surface area contributed by atoms with E-state index in [-0.39, 0.29) is 37.6 Å². The van der Waals surface area contributed by atoms with E-state index < -0.39 is 29.9 Å². The first kappa shape index (κ1) is 23.3. The van der Waals surface area contributed by atoms with Crippen LogP contribution in [-0.2, 0) is 29.1 Å². The van der Waals surface area contributed by atoms with E-state index >= 15 is 0 Å². The highest BCUT2D eigenvalue weighted by Crippen LogP contribution is 2.34. The summed E-state index contributed by atoms with van der Waals surface area (Å²) in [6.45, 7) is 0.461. The van der Waals surface area contributed by atoms with Crippen molar-refractivity contribution in [2.45, 2.75) is 31.6 Å². The van der Waals surface area contributed by atoms with Gasteiger partial charge in [0.05, 0.1) is 5.56 Å². The lowest BCUT2D eigenvalue weighted by Crippen LogP contribution is -2.44. The number of carbonyl (C=O) groups is 4. The van der Waals surface area contributed by atoms with Gasteiger partial charge in [0.2, 0.25) is 0 Å². The van der Waals surface area contributed by atoms with Gasteiger partial charge in [-0.15, -0.1) is 0 Å². The third-order valence-corrected chi connectivity index (χ3v) is 6.74. The molecule has 2 unspecified atom stereocenters. The summed E-state index contributed by atoms with van der Waals surface area (Å²) < 4.78 is 0. The second-order valence-corrected chi connectivity index (χ2v) is 8.94. The maximum atomic E-state index is 13.5. The molecule has 2 fully saturated rings. The van der Waals surface area contributed by atoms with Crippen molar-refractivity contribution in [2.24, 2.45) is 0 Å². The summed E-state index contributed by atoms with van der Waals surface area (Å²) in [5, 5.41) is 9.47. The minimum absolute atomic E-state index is 0.0432. The number of hydrogen-bond acceptors (Lipinski definition) is 4. The van der Waals surface area contributed by atoms with E-state index in [0.29, 0.717) is 5.56 Å². The zero-order valence-corrected chi connectivity index (χ0v) is 19.5. The smallest absolute Gasteiger partial charge is 0.335 e. The van der Waals surface area contributed by atoms with Crippen LogP contribution in [0.3, 0.4) is 0 Å². The Balaban J connectivity index is 1.43. The summed E-state index contributed by atoms with van der Waals surface area (Å²) >= 11 is 0. The number of fused-ring (bicyclic) bond motifs is 1. The molecule has 2 heterocycles. The van der Waals surface area contributed by atoms with Gasteiger partial charge in [0.25, 0.3) is 11.8 Å². The fraction of sp³-hybridized carbons (Fsp3) is 0.214. The monoisotopic (exact) mass is 483 g/mol. The molecule has 182 valence electrons. The van der Waals surface area contributed by atoms with Crippen molar-refractivity contribution in [1.29, 1.82) is 0 Å². The Hall–Kier alpha value is -4.46. The lowest BCUT2D eigenvalue weighted by atomic mass is 10.0. The molecule has 4 amide bonds. The minimum Gasteiger partial charge on any atom is -0.478 e. The van der Waals surface area contributed by atoms with Gasteiger partial charge in [-0.3, -0.25) is 14.5 Å². The Morgan fingerprint density at radius 1 is 0.694 bits per heavy atom. The molecule has 36 heavy (non-hydrogen) atoms. The summed E-state index contributed by atoms with van der Waals surface area (Å²) in [6, 6.07) is 23.1. The molecule has 0 radical (unpaired) electrons. The highest BCUT2D eigenvalue weighted by atomic mass is 16.4. The molecule has 0 spiro atoms. The van der Waals surface area contributed by atoms with Gasteiger partial charge in [-0.05, 0) is 29.2 Å². The van der Waals surface area contributed by atoms with Gasteiger partial charge < -0.3 is 14.9 Å². The number of aromatic carboxylic acids is 1. The molecule has 2 aliphatic rings. The van der Waals surface area contributed by atoms with Gasteiger partial charge >= 0.3 is 12.0 Å². The summed E-state index contributed by atoms with van der Waals surface area (Å²) in [4.78, 5) is 56.3. The Morgan fingerprint density at radius 2 is 1.17 bits per heavy atom. The highest BCUT2D eigenvalue weighted by molar-refractivity contribution is 6.13. The zero-order chi connectivity index (χ0) is 25.2. The molecular formula is C28H25N3O5. The topological polar surface area (TPSA) is 98.2 Å². The molecule has 2 aliphatic heterocycles. The normalized spacial score (nSPS) is 19.2. The maximum Gasteiger partial charge on any atom is 0.335 e. The van der Waals surface area contributed by atoms with Crippen molar-refractivity contribution in [3.05, 3.63) is 107 Å². The van der Waals surface area contributed by atoms with Gasteiger partial charge in [0, 0.05) is 19.6 Å². The van der Waals surface area contributed by atoms with Crippen molar-refractivity contribution in [3.8, 4) is 0 Å². The number of imide groups is 1. The maximum absolute atomic E-state index is 13.5. The SMILES string of the molecule is O=C(O)c1ccccc1CCN1C(=O)C2C(C1=O)N(Cc1ccccc1)C(=O)N2Cc1ccccc1. The number of carbonyl (C=O) groups excluding carboxylic acids is 3. The van der Waals surface area contributed by atoms with E-state index in [1.54, 1.807) is 18.2 Å². The third kappa shape index (κ3) is 4.22. The van der Waals surface area contributed by atoms with Crippen LogP contribution in [0.1, 0.15) is 27.0 Å². The number of amides is 4. The van der Waals surface area contributed by atoms with E-state index in [4.69, 9.17) is 0 Å². The molecule has 0 bridgehead atoms. The predicted octanol–water partition coefficient (Wildman–Crippen LogP) is 3.17. The van der Waals surface area contributed by atoms with Crippen molar-refractivity contribution in [3.63, 3.8) is 0 Å². The number of nitrogens with zero attached hydrogens (tertiary/aromatic N) is 3. The molecular weight excluding hydrogens is 458 g/mol. The van der Waals surface area contributed by atoms with Crippen LogP contribution in [0.2, 0.25) is 0 Å². The summed E-state index contributed by atoms with van der Waals surface area (Å²) in [5.74, 6) is -1.93. The van der Waals surface area contributed by atoms with Crippen LogP contribution in [-0.4, -0.2) is 62.2 Å². The second-order valence-electron chi connectivity index (χ2n) is 8.94. The van der Waals surface area contributed by atoms with Crippen molar-refractivity contribution >= 4 is 23.8 Å². The number of carboxylic acid groups (broad SMARTS) is 1. The fourth-order valence-electron chi connectivity index (χ4n) is 5.00.